The number of phenols is 1. The van der Waals surface area contributed by atoms with Gasteiger partial charge in [0.15, 0.2) is 5.60 Å². The standard InChI is InChI=1S/C27H29NO12/c1-8-18(30)13(29)7-14(40-8)9-4-5-10-15(19(9)31)21(33)16-11(26(10,2)38)6-12-20(32)22(34)17(25(28)37)24(36)27(12,39-3)23(16)35/h4-5,8,12-14,18,20,29-32,36,38H,6-7H2,1-3H3,(H2,28,37). The number of nitrogens with two attached hydrogens (primary N) is 1. The fraction of sp³-hybridized carbons (Fsp3) is 0.481. The van der Waals surface area contributed by atoms with Gasteiger partial charge in [-0.1, -0.05) is 12.1 Å². The van der Waals surface area contributed by atoms with Crippen molar-refractivity contribution in [2.24, 2.45) is 11.7 Å². The number of aliphatic hydroxyl groups is 5. The quantitative estimate of drug-likeness (QED) is 0.218. The van der Waals surface area contributed by atoms with E-state index in [2.05, 4.69) is 0 Å². The molecule has 214 valence electrons. The molecule has 1 aromatic carbocycles. The molecule has 1 fully saturated rings. The van der Waals surface area contributed by atoms with Crippen LogP contribution < -0.4 is 5.73 Å². The van der Waals surface area contributed by atoms with Crippen molar-refractivity contribution < 1.29 is 59.3 Å². The first kappa shape index (κ1) is 28.1. The molecule has 8 atom stereocenters. The first-order valence-corrected chi connectivity index (χ1v) is 12.6. The Morgan fingerprint density at radius 1 is 1.15 bits per heavy atom. The maximum Gasteiger partial charge on any atom is 0.255 e. The second kappa shape index (κ2) is 9.03. The van der Waals surface area contributed by atoms with E-state index >= 15 is 0 Å². The summed E-state index contributed by atoms with van der Waals surface area (Å²) < 4.78 is 11.1. The summed E-state index contributed by atoms with van der Waals surface area (Å²) in [5.74, 6) is -8.27. The van der Waals surface area contributed by atoms with Gasteiger partial charge < -0.3 is 45.8 Å². The Labute approximate surface area is 227 Å². The van der Waals surface area contributed by atoms with E-state index in [1.54, 1.807) is 0 Å². The topological polar surface area (TPSA) is 234 Å². The van der Waals surface area contributed by atoms with Gasteiger partial charge in [-0.05, 0) is 25.8 Å². The van der Waals surface area contributed by atoms with Crippen molar-refractivity contribution in [3.05, 3.63) is 51.3 Å². The number of amides is 1. The minimum atomic E-state index is -2.56. The maximum absolute atomic E-state index is 14.1. The summed E-state index contributed by atoms with van der Waals surface area (Å²) >= 11 is 0. The zero-order valence-corrected chi connectivity index (χ0v) is 21.7. The number of ether oxygens (including phenoxy) is 2. The molecule has 8 unspecified atom stereocenters. The van der Waals surface area contributed by atoms with Crippen LogP contribution in [0.1, 0.15) is 54.3 Å². The highest BCUT2D eigenvalue weighted by atomic mass is 16.5. The average molecular weight is 560 g/mol. The number of fused-ring (bicyclic) bond motifs is 2. The van der Waals surface area contributed by atoms with Gasteiger partial charge in [0.25, 0.3) is 5.91 Å². The van der Waals surface area contributed by atoms with Crippen molar-refractivity contribution in [1.29, 1.82) is 0 Å². The maximum atomic E-state index is 14.1. The van der Waals surface area contributed by atoms with Gasteiger partial charge in [-0.15, -0.1) is 0 Å². The van der Waals surface area contributed by atoms with Crippen LogP contribution in [-0.2, 0) is 29.5 Å². The molecule has 4 aliphatic rings. The molecule has 0 aromatic heterocycles. The lowest BCUT2D eigenvalue weighted by Gasteiger charge is -2.49. The Kier molecular flexibility index (Phi) is 6.34. The monoisotopic (exact) mass is 559 g/mol. The van der Waals surface area contributed by atoms with E-state index in [1.165, 1.54) is 26.0 Å². The number of rotatable bonds is 3. The number of carbonyl (C=O) groups is 4. The number of methoxy groups -OCH3 is 1. The van der Waals surface area contributed by atoms with E-state index in [-0.39, 0.29) is 23.1 Å². The summed E-state index contributed by atoms with van der Waals surface area (Å²) in [4.78, 5) is 52.7. The smallest absolute Gasteiger partial charge is 0.255 e. The number of primary amides is 1. The highest BCUT2D eigenvalue weighted by Crippen LogP contribution is 2.55. The van der Waals surface area contributed by atoms with Crippen LogP contribution in [0, 0.1) is 5.92 Å². The zero-order chi connectivity index (χ0) is 29.6. The molecule has 1 aromatic rings. The number of hydrogen-bond donors (Lipinski definition) is 7. The van der Waals surface area contributed by atoms with Gasteiger partial charge in [-0.3, -0.25) is 19.2 Å². The minimum Gasteiger partial charge on any atom is -0.508 e. The highest BCUT2D eigenvalue weighted by Gasteiger charge is 2.65. The van der Waals surface area contributed by atoms with Gasteiger partial charge in [0.1, 0.15) is 34.9 Å². The summed E-state index contributed by atoms with van der Waals surface area (Å²) in [7, 11) is 0.976. The molecule has 13 nitrogen and oxygen atoms in total. The lowest BCUT2D eigenvalue weighted by atomic mass is 9.58. The molecule has 3 aliphatic carbocycles. The number of phenolic OH excluding ortho intramolecular Hbond substituents is 1. The molecule has 1 amide bonds. The average Bonchev–Trinajstić information content (AvgIpc) is 2.88. The Morgan fingerprint density at radius 2 is 1.80 bits per heavy atom. The molecule has 1 saturated heterocycles. The summed E-state index contributed by atoms with van der Waals surface area (Å²) in [6, 6.07) is 2.74. The van der Waals surface area contributed by atoms with Crippen molar-refractivity contribution in [1.82, 2.24) is 0 Å². The summed E-state index contributed by atoms with van der Waals surface area (Å²) in [5.41, 5.74) is -1.74. The van der Waals surface area contributed by atoms with Crippen molar-refractivity contribution >= 4 is 23.3 Å². The second-order valence-corrected chi connectivity index (χ2v) is 10.8. The van der Waals surface area contributed by atoms with Crippen molar-refractivity contribution in [2.45, 2.75) is 68.4 Å². The molecule has 0 saturated carbocycles. The van der Waals surface area contributed by atoms with Gasteiger partial charge in [-0.2, -0.15) is 0 Å². The fourth-order valence-electron chi connectivity index (χ4n) is 6.53. The first-order valence-electron chi connectivity index (χ1n) is 12.6. The van der Waals surface area contributed by atoms with Crippen molar-refractivity contribution in [3.8, 4) is 5.75 Å². The van der Waals surface area contributed by atoms with Crippen LogP contribution in [0.15, 0.2) is 34.6 Å². The third kappa shape index (κ3) is 3.42. The Hall–Kier alpha value is -3.46. The van der Waals surface area contributed by atoms with Gasteiger partial charge >= 0.3 is 0 Å². The molecule has 8 N–H and O–H groups in total. The number of aliphatic hydroxyl groups excluding tert-OH is 4. The van der Waals surface area contributed by atoms with E-state index in [4.69, 9.17) is 15.2 Å². The van der Waals surface area contributed by atoms with Gasteiger partial charge in [-0.25, -0.2) is 0 Å². The van der Waals surface area contributed by atoms with Crippen molar-refractivity contribution in [3.63, 3.8) is 0 Å². The summed E-state index contributed by atoms with van der Waals surface area (Å²) in [5, 5.41) is 65.0. The third-order valence-corrected chi connectivity index (χ3v) is 8.70. The largest absolute Gasteiger partial charge is 0.508 e. The normalized spacial score (nSPS) is 37.7. The number of carbonyl (C=O) groups excluding carboxylic acids is 4. The van der Waals surface area contributed by atoms with Gasteiger partial charge in [0.05, 0.1) is 29.4 Å². The van der Waals surface area contributed by atoms with E-state index in [1.807, 2.05) is 0 Å². The molecule has 5 rings (SSSR count). The number of aromatic hydroxyl groups is 1. The van der Waals surface area contributed by atoms with E-state index in [9.17, 15) is 49.8 Å². The van der Waals surface area contributed by atoms with Crippen LogP contribution in [0.4, 0.5) is 0 Å². The van der Waals surface area contributed by atoms with E-state index in [0.717, 1.165) is 7.11 Å². The molecule has 1 aliphatic heterocycles. The number of Topliss-reactive ketones (excluding diaryl/α,β-unsaturated/α-hetero) is 3. The Bertz CT molecular complexity index is 1430. The van der Waals surface area contributed by atoms with Crippen LogP contribution in [0.3, 0.4) is 0 Å². The second-order valence-electron chi connectivity index (χ2n) is 10.8. The van der Waals surface area contributed by atoms with Crippen LogP contribution in [-0.4, -0.2) is 91.0 Å². The highest BCUT2D eigenvalue weighted by molar-refractivity contribution is 6.33. The minimum absolute atomic E-state index is 0.0600. The molecular weight excluding hydrogens is 530 g/mol. The lowest BCUT2D eigenvalue weighted by molar-refractivity contribution is -0.163. The Balaban J connectivity index is 1.69. The number of ketones is 3. The molecule has 13 heteroatoms. The van der Waals surface area contributed by atoms with E-state index in [0.29, 0.717) is 0 Å². The molecule has 1 heterocycles. The summed E-state index contributed by atoms with van der Waals surface area (Å²) in [6.45, 7) is 2.79. The van der Waals surface area contributed by atoms with Crippen LogP contribution in [0.25, 0.3) is 0 Å². The summed E-state index contributed by atoms with van der Waals surface area (Å²) in [6.07, 6.45) is -6.78. The van der Waals surface area contributed by atoms with Crippen LogP contribution in [0.5, 0.6) is 5.75 Å². The van der Waals surface area contributed by atoms with Crippen molar-refractivity contribution in [2.75, 3.05) is 7.11 Å². The van der Waals surface area contributed by atoms with E-state index < -0.39 is 106 Å². The first-order chi connectivity index (χ1) is 18.6. The predicted octanol–water partition coefficient (Wildman–Crippen LogP) is -1.12. The lowest BCUT2D eigenvalue weighted by Crippen LogP contribution is -2.64. The Morgan fingerprint density at radius 3 is 2.38 bits per heavy atom. The molecule has 40 heavy (non-hydrogen) atoms. The zero-order valence-electron chi connectivity index (χ0n) is 21.7. The number of hydrogen-bond acceptors (Lipinski definition) is 12. The molecule has 0 spiro atoms. The van der Waals surface area contributed by atoms with Gasteiger partial charge in [0, 0.05) is 30.6 Å². The third-order valence-electron chi connectivity index (χ3n) is 8.70. The molecule has 0 bridgehead atoms. The van der Waals surface area contributed by atoms with Crippen LogP contribution >= 0.6 is 0 Å². The van der Waals surface area contributed by atoms with Gasteiger partial charge in [0.2, 0.25) is 17.3 Å². The molecular formula is C27H29NO12. The predicted molar refractivity (Wildman–Crippen MR) is 132 cm³/mol. The number of benzene rings is 1. The fourth-order valence-corrected chi connectivity index (χ4v) is 6.53. The molecule has 0 radical (unpaired) electrons. The SMILES string of the molecule is COC12C(=O)C3=C(CC1C(O)C(=O)C(C(N)=O)=C2O)C(C)(O)c1ccc(C2CC(O)C(O)C(C)O2)c(O)c1C3=O. The van der Waals surface area contributed by atoms with Crippen LogP contribution in [0.2, 0.25) is 0 Å².